The fraction of sp³-hybridized carbons (Fsp3) is 0.500. The van der Waals surface area contributed by atoms with Gasteiger partial charge in [-0.2, -0.15) is 0 Å². The van der Waals surface area contributed by atoms with E-state index in [1.807, 2.05) is 0 Å². The molecule has 0 heterocycles. The van der Waals surface area contributed by atoms with Crippen LogP contribution in [0.1, 0.15) is 25.7 Å². The normalized spacial score (nSPS) is 16.9. The molecule has 0 atom stereocenters. The van der Waals surface area contributed by atoms with Crippen LogP contribution in [0.2, 0.25) is 0 Å². The van der Waals surface area contributed by atoms with Crippen molar-refractivity contribution in [3.63, 3.8) is 0 Å². The van der Waals surface area contributed by atoms with Crippen molar-refractivity contribution in [1.82, 2.24) is 5.32 Å². The van der Waals surface area contributed by atoms with Gasteiger partial charge in [-0.25, -0.2) is 8.78 Å². The van der Waals surface area contributed by atoms with E-state index in [0.717, 1.165) is 25.0 Å². The lowest BCUT2D eigenvalue weighted by atomic mass is 9.98. The van der Waals surface area contributed by atoms with Gasteiger partial charge in [0, 0.05) is 6.07 Å². The van der Waals surface area contributed by atoms with Gasteiger partial charge in [-0.15, -0.1) is 0 Å². The molecular weight excluding hydrogens is 266 g/mol. The summed E-state index contributed by atoms with van der Waals surface area (Å²) in [5.41, 5.74) is 5.23. The zero-order valence-electron chi connectivity index (χ0n) is 11.1. The number of halogens is 2. The molecule has 0 aliphatic heterocycles. The highest BCUT2D eigenvalue weighted by molar-refractivity contribution is 5.86. The summed E-state index contributed by atoms with van der Waals surface area (Å²) in [6.45, 7) is 0.448. The van der Waals surface area contributed by atoms with Crippen LogP contribution in [-0.4, -0.2) is 24.6 Å². The van der Waals surface area contributed by atoms with Gasteiger partial charge in [-0.05, 0) is 25.0 Å². The van der Waals surface area contributed by atoms with E-state index in [-0.39, 0.29) is 24.8 Å². The van der Waals surface area contributed by atoms with E-state index in [2.05, 4.69) is 5.32 Å². The highest BCUT2D eigenvalue weighted by Gasteiger charge is 2.36. The topological polar surface area (TPSA) is 64.4 Å². The number of hydrogen-bond donors (Lipinski definition) is 2. The minimum atomic E-state index is -0.960. The number of benzene rings is 1. The lowest BCUT2D eigenvalue weighted by Gasteiger charge is -2.22. The van der Waals surface area contributed by atoms with Crippen LogP contribution < -0.4 is 15.8 Å². The Morgan fingerprint density at radius 3 is 2.65 bits per heavy atom. The van der Waals surface area contributed by atoms with E-state index in [0.29, 0.717) is 12.8 Å². The van der Waals surface area contributed by atoms with Gasteiger partial charge < -0.3 is 15.8 Å². The third-order valence-corrected chi connectivity index (χ3v) is 3.50. The minimum absolute atomic E-state index is 0.174. The quantitative estimate of drug-likeness (QED) is 0.809. The molecule has 0 radical (unpaired) electrons. The van der Waals surface area contributed by atoms with E-state index in [1.54, 1.807) is 0 Å². The molecule has 3 N–H and O–H groups in total. The molecule has 6 heteroatoms. The summed E-state index contributed by atoms with van der Waals surface area (Å²) < 4.78 is 30.9. The van der Waals surface area contributed by atoms with Gasteiger partial charge in [0.2, 0.25) is 5.91 Å². The molecule has 4 nitrogen and oxygen atoms in total. The molecule has 0 unspecified atom stereocenters. The molecule has 1 aromatic rings. The van der Waals surface area contributed by atoms with Gasteiger partial charge in [-0.3, -0.25) is 4.79 Å². The van der Waals surface area contributed by atoms with Crippen molar-refractivity contribution in [2.24, 2.45) is 5.73 Å². The molecule has 1 saturated carbocycles. The number of ether oxygens (including phenoxy) is 1. The van der Waals surface area contributed by atoms with Crippen molar-refractivity contribution in [1.29, 1.82) is 0 Å². The van der Waals surface area contributed by atoms with Gasteiger partial charge >= 0.3 is 0 Å². The minimum Gasteiger partial charge on any atom is -0.492 e. The third-order valence-electron chi connectivity index (χ3n) is 3.50. The summed E-state index contributed by atoms with van der Waals surface area (Å²) in [4.78, 5) is 11.9. The van der Waals surface area contributed by atoms with Crippen molar-refractivity contribution in [2.45, 2.75) is 31.2 Å². The zero-order valence-corrected chi connectivity index (χ0v) is 11.1. The summed E-state index contributed by atoms with van der Waals surface area (Å²) in [5.74, 6) is -1.83. The maximum Gasteiger partial charge on any atom is 0.240 e. The number of nitrogens with two attached hydrogens (primary N) is 1. The van der Waals surface area contributed by atoms with Crippen molar-refractivity contribution in [3.05, 3.63) is 29.8 Å². The SMILES string of the molecule is NC1(C(=O)NCCOc2ccc(F)c(F)c2)CCCC1. The first kappa shape index (κ1) is 14.7. The second-order valence-corrected chi connectivity index (χ2v) is 5.04. The molecule has 110 valence electrons. The molecule has 1 aliphatic carbocycles. The van der Waals surface area contributed by atoms with Crippen LogP contribution in [-0.2, 0) is 4.79 Å². The number of rotatable bonds is 5. The number of hydrogen-bond acceptors (Lipinski definition) is 3. The monoisotopic (exact) mass is 284 g/mol. The van der Waals surface area contributed by atoms with E-state index in [9.17, 15) is 13.6 Å². The Morgan fingerprint density at radius 1 is 1.30 bits per heavy atom. The molecule has 0 saturated heterocycles. The lowest BCUT2D eigenvalue weighted by molar-refractivity contribution is -0.126. The molecule has 1 aromatic carbocycles. The number of carbonyl (C=O) groups excluding carboxylic acids is 1. The molecular formula is C14H18F2N2O2. The summed E-state index contributed by atoms with van der Waals surface area (Å²) in [5, 5.41) is 2.70. The predicted molar refractivity (Wildman–Crippen MR) is 70.2 cm³/mol. The highest BCUT2D eigenvalue weighted by Crippen LogP contribution is 2.27. The average molecular weight is 284 g/mol. The Balaban J connectivity index is 1.73. The van der Waals surface area contributed by atoms with Gasteiger partial charge in [-0.1, -0.05) is 12.8 Å². The molecule has 0 aromatic heterocycles. The fourth-order valence-corrected chi connectivity index (χ4v) is 2.31. The first-order chi connectivity index (χ1) is 9.51. The van der Waals surface area contributed by atoms with Crippen LogP contribution >= 0.6 is 0 Å². The van der Waals surface area contributed by atoms with Crippen LogP contribution in [0.5, 0.6) is 5.75 Å². The van der Waals surface area contributed by atoms with Crippen LogP contribution in [0.3, 0.4) is 0 Å². The fourth-order valence-electron chi connectivity index (χ4n) is 2.31. The van der Waals surface area contributed by atoms with Gasteiger partial charge in [0.25, 0.3) is 0 Å². The summed E-state index contributed by atoms with van der Waals surface area (Å²) in [6, 6.07) is 3.30. The molecule has 1 fully saturated rings. The van der Waals surface area contributed by atoms with E-state index in [4.69, 9.17) is 10.5 Å². The first-order valence-electron chi connectivity index (χ1n) is 6.66. The molecule has 0 spiro atoms. The number of amides is 1. The van der Waals surface area contributed by atoms with Gasteiger partial charge in [0.15, 0.2) is 11.6 Å². The second-order valence-electron chi connectivity index (χ2n) is 5.04. The smallest absolute Gasteiger partial charge is 0.240 e. The zero-order chi connectivity index (χ0) is 14.6. The van der Waals surface area contributed by atoms with Gasteiger partial charge in [0.1, 0.15) is 12.4 Å². The Bertz CT molecular complexity index is 488. The van der Waals surface area contributed by atoms with Crippen molar-refractivity contribution >= 4 is 5.91 Å². The van der Waals surface area contributed by atoms with E-state index < -0.39 is 17.2 Å². The molecule has 2 rings (SSSR count). The third kappa shape index (κ3) is 3.45. The molecule has 20 heavy (non-hydrogen) atoms. The number of nitrogens with one attached hydrogen (secondary N) is 1. The summed E-state index contributed by atoms with van der Waals surface area (Å²) in [6.07, 6.45) is 3.33. The standard InChI is InChI=1S/C14H18F2N2O2/c15-11-4-3-10(9-12(11)16)20-8-7-18-13(19)14(17)5-1-2-6-14/h3-4,9H,1-2,5-8,17H2,(H,18,19). The number of carbonyl (C=O) groups is 1. The van der Waals surface area contributed by atoms with Crippen LogP contribution in [0.4, 0.5) is 8.78 Å². The Kier molecular flexibility index (Phi) is 4.54. The second kappa shape index (κ2) is 6.17. The Labute approximate surface area is 116 Å². The van der Waals surface area contributed by atoms with Crippen LogP contribution in [0.15, 0.2) is 18.2 Å². The molecule has 1 aliphatic rings. The maximum atomic E-state index is 12.9. The predicted octanol–water partition coefficient (Wildman–Crippen LogP) is 1.73. The highest BCUT2D eigenvalue weighted by atomic mass is 19.2. The Morgan fingerprint density at radius 2 is 2.00 bits per heavy atom. The van der Waals surface area contributed by atoms with Crippen molar-refractivity contribution < 1.29 is 18.3 Å². The van der Waals surface area contributed by atoms with Gasteiger partial charge in [0.05, 0.1) is 12.1 Å². The van der Waals surface area contributed by atoms with Crippen LogP contribution in [0.25, 0.3) is 0 Å². The maximum absolute atomic E-state index is 12.9. The van der Waals surface area contributed by atoms with Crippen LogP contribution in [0, 0.1) is 11.6 Å². The van der Waals surface area contributed by atoms with Crippen molar-refractivity contribution in [3.8, 4) is 5.75 Å². The summed E-state index contributed by atoms with van der Waals surface area (Å²) >= 11 is 0. The Hall–Kier alpha value is -1.69. The van der Waals surface area contributed by atoms with E-state index >= 15 is 0 Å². The van der Waals surface area contributed by atoms with Crippen molar-refractivity contribution in [2.75, 3.05) is 13.2 Å². The lowest BCUT2D eigenvalue weighted by Crippen LogP contribution is -2.52. The largest absolute Gasteiger partial charge is 0.492 e. The average Bonchev–Trinajstić information content (AvgIpc) is 2.87. The molecule has 0 bridgehead atoms. The van der Waals surface area contributed by atoms with E-state index in [1.165, 1.54) is 6.07 Å². The molecule has 1 amide bonds. The first-order valence-corrected chi connectivity index (χ1v) is 6.66. The summed E-state index contributed by atoms with van der Waals surface area (Å²) in [7, 11) is 0.